The third-order valence-electron chi connectivity index (χ3n) is 3.97. The van der Waals surface area contributed by atoms with Crippen molar-refractivity contribution in [1.29, 1.82) is 0 Å². The zero-order valence-corrected chi connectivity index (χ0v) is 11.4. The second kappa shape index (κ2) is 4.78. The maximum Gasteiger partial charge on any atom is 0.0438 e. The summed E-state index contributed by atoms with van der Waals surface area (Å²) in [5.74, 6) is 0.521. The van der Waals surface area contributed by atoms with Crippen LogP contribution in [-0.4, -0.2) is 0 Å². The number of hydrogen-bond acceptors (Lipinski definition) is 0. The molecule has 0 aromatic heterocycles. The van der Waals surface area contributed by atoms with E-state index in [0.717, 1.165) is 10.6 Å². The number of benzene rings is 2. The van der Waals surface area contributed by atoms with Crippen LogP contribution in [0.3, 0.4) is 0 Å². The van der Waals surface area contributed by atoms with Crippen molar-refractivity contribution in [2.45, 2.75) is 32.1 Å². The highest BCUT2D eigenvalue weighted by Gasteiger charge is 2.21. The van der Waals surface area contributed by atoms with Crippen molar-refractivity contribution >= 4 is 11.6 Å². The molecule has 1 aliphatic rings. The van der Waals surface area contributed by atoms with Crippen LogP contribution in [0.4, 0.5) is 0 Å². The van der Waals surface area contributed by atoms with E-state index in [1.165, 1.54) is 36.0 Å². The van der Waals surface area contributed by atoms with E-state index in [1.807, 2.05) is 0 Å². The largest absolute Gasteiger partial charge is 0.0840 e. The molecule has 0 nitrogen and oxygen atoms in total. The third-order valence-corrected chi connectivity index (χ3v) is 4.37. The average Bonchev–Trinajstić information content (AvgIpc) is 2.41. The highest BCUT2D eigenvalue weighted by Crippen LogP contribution is 2.37. The molecule has 0 heterocycles. The van der Waals surface area contributed by atoms with E-state index in [9.17, 15) is 0 Å². The topological polar surface area (TPSA) is 0 Å². The molecule has 0 aliphatic heterocycles. The van der Waals surface area contributed by atoms with Gasteiger partial charge in [0.2, 0.25) is 0 Å². The zero-order valence-electron chi connectivity index (χ0n) is 10.6. The fraction of sp³-hybridized carbons (Fsp3) is 0.294. The lowest BCUT2D eigenvalue weighted by Crippen LogP contribution is -2.10. The molecule has 0 bridgehead atoms. The molecule has 1 atom stereocenters. The fourth-order valence-electron chi connectivity index (χ4n) is 2.93. The molecule has 0 N–H and O–H groups in total. The molecule has 3 rings (SSSR count). The molecule has 0 fully saturated rings. The summed E-state index contributed by atoms with van der Waals surface area (Å²) in [5.41, 5.74) is 5.51. The summed E-state index contributed by atoms with van der Waals surface area (Å²) in [6, 6.07) is 15.3. The molecule has 0 spiro atoms. The van der Waals surface area contributed by atoms with Crippen LogP contribution >= 0.6 is 11.6 Å². The van der Waals surface area contributed by atoms with Crippen LogP contribution in [0, 0.1) is 6.92 Å². The number of hydrogen-bond donors (Lipinski definition) is 0. The van der Waals surface area contributed by atoms with Gasteiger partial charge in [-0.05, 0) is 54.5 Å². The van der Waals surface area contributed by atoms with Crippen molar-refractivity contribution in [3.05, 3.63) is 69.7 Å². The molecule has 18 heavy (non-hydrogen) atoms. The molecule has 0 amide bonds. The average molecular weight is 257 g/mol. The van der Waals surface area contributed by atoms with Gasteiger partial charge < -0.3 is 0 Å². The monoisotopic (exact) mass is 256 g/mol. The van der Waals surface area contributed by atoms with Crippen molar-refractivity contribution in [1.82, 2.24) is 0 Å². The Morgan fingerprint density at radius 3 is 2.78 bits per heavy atom. The van der Waals surface area contributed by atoms with Gasteiger partial charge in [0, 0.05) is 10.9 Å². The lowest BCUT2D eigenvalue weighted by Gasteiger charge is -2.26. The Hall–Kier alpha value is -1.27. The summed E-state index contributed by atoms with van der Waals surface area (Å²) < 4.78 is 0. The first-order valence-electron chi connectivity index (χ1n) is 6.59. The molecule has 0 saturated carbocycles. The fourth-order valence-corrected chi connectivity index (χ4v) is 3.12. The first-order chi connectivity index (χ1) is 8.75. The van der Waals surface area contributed by atoms with Crippen LogP contribution in [0.25, 0.3) is 0 Å². The van der Waals surface area contributed by atoms with Crippen molar-refractivity contribution < 1.29 is 0 Å². The van der Waals surface area contributed by atoms with E-state index in [2.05, 4.69) is 49.4 Å². The maximum absolute atomic E-state index is 6.26. The lowest BCUT2D eigenvalue weighted by atomic mass is 9.79. The normalized spacial score (nSPS) is 18.4. The van der Waals surface area contributed by atoms with Crippen molar-refractivity contribution in [2.75, 3.05) is 0 Å². The molecule has 92 valence electrons. The van der Waals surface area contributed by atoms with Crippen LogP contribution in [0.2, 0.25) is 5.02 Å². The third kappa shape index (κ3) is 2.06. The second-order valence-corrected chi connectivity index (χ2v) is 5.56. The van der Waals surface area contributed by atoms with Gasteiger partial charge in [0.15, 0.2) is 0 Å². The Balaban J connectivity index is 2.05. The summed E-state index contributed by atoms with van der Waals surface area (Å²) >= 11 is 6.26. The minimum Gasteiger partial charge on any atom is -0.0840 e. The standard InChI is InChI=1S/C17H17Cl/c1-12-9-10-14(11-17(12)18)16-8-4-6-13-5-2-3-7-15(13)16/h2-3,5,7,9-11,16H,4,6,8H2,1H3/t16-/m0/s1. The Morgan fingerprint density at radius 2 is 1.94 bits per heavy atom. The van der Waals surface area contributed by atoms with Crippen LogP contribution < -0.4 is 0 Å². The van der Waals surface area contributed by atoms with Crippen LogP contribution in [-0.2, 0) is 6.42 Å². The molecule has 1 heteroatoms. The quantitative estimate of drug-likeness (QED) is 0.665. The molecule has 0 unspecified atom stereocenters. The van der Waals surface area contributed by atoms with E-state index in [-0.39, 0.29) is 0 Å². The highest BCUT2D eigenvalue weighted by atomic mass is 35.5. The Labute approximate surface area is 114 Å². The van der Waals surface area contributed by atoms with Gasteiger partial charge in [-0.15, -0.1) is 0 Å². The highest BCUT2D eigenvalue weighted by molar-refractivity contribution is 6.31. The minimum atomic E-state index is 0.521. The summed E-state index contributed by atoms with van der Waals surface area (Å²) in [6.45, 7) is 2.06. The van der Waals surface area contributed by atoms with E-state index < -0.39 is 0 Å². The van der Waals surface area contributed by atoms with Crippen molar-refractivity contribution in [3.8, 4) is 0 Å². The maximum atomic E-state index is 6.26. The van der Waals surface area contributed by atoms with Gasteiger partial charge in [0.1, 0.15) is 0 Å². The van der Waals surface area contributed by atoms with Gasteiger partial charge in [-0.3, -0.25) is 0 Å². The van der Waals surface area contributed by atoms with Crippen LogP contribution in [0.1, 0.15) is 41.0 Å². The Bertz CT molecular complexity index is 572. The molecular weight excluding hydrogens is 240 g/mol. The van der Waals surface area contributed by atoms with Crippen molar-refractivity contribution in [2.24, 2.45) is 0 Å². The van der Waals surface area contributed by atoms with Crippen LogP contribution in [0.5, 0.6) is 0 Å². The summed E-state index contributed by atoms with van der Waals surface area (Å²) in [5, 5.41) is 0.885. The number of rotatable bonds is 1. The smallest absolute Gasteiger partial charge is 0.0438 e. The summed E-state index contributed by atoms with van der Waals surface area (Å²) in [6.07, 6.45) is 3.72. The van der Waals surface area contributed by atoms with Gasteiger partial charge in [0.25, 0.3) is 0 Å². The van der Waals surface area contributed by atoms with Crippen molar-refractivity contribution in [3.63, 3.8) is 0 Å². The van der Waals surface area contributed by atoms with E-state index in [1.54, 1.807) is 0 Å². The van der Waals surface area contributed by atoms with Gasteiger partial charge in [-0.25, -0.2) is 0 Å². The molecule has 2 aromatic rings. The van der Waals surface area contributed by atoms with Gasteiger partial charge >= 0.3 is 0 Å². The number of fused-ring (bicyclic) bond motifs is 1. The van der Waals surface area contributed by atoms with E-state index >= 15 is 0 Å². The second-order valence-electron chi connectivity index (χ2n) is 5.15. The predicted octanol–water partition coefficient (Wildman–Crippen LogP) is 5.12. The molecule has 0 radical (unpaired) electrons. The predicted molar refractivity (Wildman–Crippen MR) is 77.4 cm³/mol. The van der Waals surface area contributed by atoms with Crippen LogP contribution in [0.15, 0.2) is 42.5 Å². The van der Waals surface area contributed by atoms with E-state index in [0.29, 0.717) is 5.92 Å². The Kier molecular flexibility index (Phi) is 3.13. The molecule has 1 aliphatic carbocycles. The first kappa shape index (κ1) is 11.8. The van der Waals surface area contributed by atoms with E-state index in [4.69, 9.17) is 11.6 Å². The lowest BCUT2D eigenvalue weighted by molar-refractivity contribution is 0.616. The molecule has 2 aromatic carbocycles. The van der Waals surface area contributed by atoms with Gasteiger partial charge in [0.05, 0.1) is 0 Å². The Morgan fingerprint density at radius 1 is 1.11 bits per heavy atom. The number of halogens is 1. The van der Waals surface area contributed by atoms with Gasteiger partial charge in [-0.2, -0.15) is 0 Å². The number of aryl methyl sites for hydroxylation is 2. The SMILES string of the molecule is Cc1ccc([C@@H]2CCCc3ccccc32)cc1Cl. The summed E-state index contributed by atoms with van der Waals surface area (Å²) in [4.78, 5) is 0. The molecule has 0 saturated heterocycles. The van der Waals surface area contributed by atoms with Gasteiger partial charge in [-0.1, -0.05) is 48.0 Å². The first-order valence-corrected chi connectivity index (χ1v) is 6.97. The molecular formula is C17H17Cl. The minimum absolute atomic E-state index is 0.521. The zero-order chi connectivity index (χ0) is 12.5. The summed E-state index contributed by atoms with van der Waals surface area (Å²) in [7, 11) is 0.